The van der Waals surface area contributed by atoms with E-state index in [1.54, 1.807) is 15.8 Å². The van der Waals surface area contributed by atoms with Crippen LogP contribution in [0.5, 0.6) is 0 Å². The molecule has 0 aliphatic carbocycles. The lowest BCUT2D eigenvalue weighted by Gasteiger charge is -2.32. The Labute approximate surface area is 182 Å². The molecule has 1 aliphatic rings. The molecule has 1 aliphatic heterocycles. The van der Waals surface area contributed by atoms with E-state index in [-0.39, 0.29) is 17.7 Å². The molecule has 1 N–H and O–H groups in total. The summed E-state index contributed by atoms with van der Waals surface area (Å²) in [5.74, 6) is 0.159. The minimum Gasteiger partial charge on any atom is -0.338 e. The Morgan fingerprint density at radius 3 is 2.58 bits per heavy atom. The van der Waals surface area contributed by atoms with E-state index >= 15 is 0 Å². The first-order valence-electron chi connectivity index (χ1n) is 10.6. The number of piperidine rings is 1. The first kappa shape index (κ1) is 20.8. The average Bonchev–Trinajstić information content (AvgIpc) is 3.09. The van der Waals surface area contributed by atoms with Crippen LogP contribution in [0.3, 0.4) is 0 Å². The zero-order valence-electron chi connectivity index (χ0n) is 18.1. The van der Waals surface area contributed by atoms with E-state index in [4.69, 9.17) is 0 Å². The zero-order chi connectivity index (χ0) is 22.0. The summed E-state index contributed by atoms with van der Waals surface area (Å²) in [5.41, 5.74) is 3.96. The van der Waals surface area contributed by atoms with Gasteiger partial charge in [0.25, 0.3) is 5.91 Å². The Hall–Kier alpha value is -3.48. The van der Waals surface area contributed by atoms with Gasteiger partial charge in [0.2, 0.25) is 5.91 Å². The summed E-state index contributed by atoms with van der Waals surface area (Å²) < 4.78 is 1.81. The van der Waals surface area contributed by atoms with Crippen LogP contribution >= 0.6 is 0 Å². The molecule has 7 heteroatoms. The zero-order valence-corrected chi connectivity index (χ0v) is 18.1. The fraction of sp³-hybridized carbons (Fsp3) is 0.333. The number of hydrogen-bond donors (Lipinski definition) is 1. The molecule has 1 fully saturated rings. The number of benzene rings is 1. The lowest BCUT2D eigenvalue weighted by atomic mass is 9.96. The normalized spacial score (nSPS) is 16.2. The predicted molar refractivity (Wildman–Crippen MR) is 119 cm³/mol. The van der Waals surface area contributed by atoms with Gasteiger partial charge in [-0.25, -0.2) is 9.67 Å². The maximum absolute atomic E-state index is 13.4. The van der Waals surface area contributed by atoms with Gasteiger partial charge in [-0.1, -0.05) is 24.3 Å². The van der Waals surface area contributed by atoms with Crippen LogP contribution in [0.1, 0.15) is 40.2 Å². The Morgan fingerprint density at radius 1 is 1.06 bits per heavy atom. The molecule has 3 heterocycles. The van der Waals surface area contributed by atoms with Crippen molar-refractivity contribution < 1.29 is 9.59 Å². The predicted octanol–water partition coefficient (Wildman–Crippen LogP) is 3.68. The van der Waals surface area contributed by atoms with E-state index in [1.807, 2.05) is 63.2 Å². The smallest absolute Gasteiger partial charge is 0.257 e. The summed E-state index contributed by atoms with van der Waals surface area (Å²) >= 11 is 0. The fourth-order valence-corrected chi connectivity index (χ4v) is 4.14. The summed E-state index contributed by atoms with van der Waals surface area (Å²) in [5, 5.41) is 7.52. The highest BCUT2D eigenvalue weighted by Gasteiger charge is 2.31. The van der Waals surface area contributed by atoms with Gasteiger partial charge in [-0.2, -0.15) is 5.10 Å². The first-order valence-corrected chi connectivity index (χ1v) is 10.6. The lowest BCUT2D eigenvalue weighted by molar-refractivity contribution is -0.121. The molecule has 1 unspecified atom stereocenters. The van der Waals surface area contributed by atoms with Crippen molar-refractivity contribution in [1.29, 1.82) is 0 Å². The Bertz CT molecular complexity index is 1110. The number of nitrogens with one attached hydrogen (secondary N) is 1. The maximum atomic E-state index is 13.4. The van der Waals surface area contributed by atoms with E-state index in [2.05, 4.69) is 15.4 Å². The van der Waals surface area contributed by atoms with Crippen LogP contribution in [0.15, 0.2) is 48.7 Å². The Kier molecular flexibility index (Phi) is 5.84. The van der Waals surface area contributed by atoms with Gasteiger partial charge >= 0.3 is 0 Å². The third-order valence-corrected chi connectivity index (χ3v) is 5.84. The SMILES string of the molecule is Cc1cccnc1NC(=O)C1CCCN(C(=O)c2c(C)nn(-c3ccccc3)c2C)C1. The van der Waals surface area contributed by atoms with Crippen LogP contribution in [0.25, 0.3) is 5.69 Å². The molecule has 0 radical (unpaired) electrons. The number of carbonyl (C=O) groups is 2. The van der Waals surface area contributed by atoms with Gasteiger partial charge in [-0.3, -0.25) is 9.59 Å². The molecule has 4 rings (SSSR count). The molecule has 1 aromatic carbocycles. The Morgan fingerprint density at radius 2 is 1.84 bits per heavy atom. The highest BCUT2D eigenvalue weighted by molar-refractivity contribution is 5.98. The summed E-state index contributed by atoms with van der Waals surface area (Å²) in [4.78, 5) is 32.3. The van der Waals surface area contributed by atoms with Gasteiger partial charge in [-0.05, 0) is 57.4 Å². The number of carbonyl (C=O) groups excluding carboxylic acids is 2. The van der Waals surface area contributed by atoms with Crippen LogP contribution in [-0.2, 0) is 4.79 Å². The van der Waals surface area contributed by atoms with Crippen LogP contribution in [0.2, 0.25) is 0 Å². The highest BCUT2D eigenvalue weighted by Crippen LogP contribution is 2.24. The molecular weight excluding hydrogens is 390 g/mol. The minimum absolute atomic E-state index is 0.0660. The van der Waals surface area contributed by atoms with Gasteiger partial charge in [0.15, 0.2) is 0 Å². The van der Waals surface area contributed by atoms with E-state index in [1.165, 1.54) is 0 Å². The summed E-state index contributed by atoms with van der Waals surface area (Å²) in [6, 6.07) is 13.5. The number of nitrogens with zero attached hydrogens (tertiary/aromatic N) is 4. The molecule has 31 heavy (non-hydrogen) atoms. The fourth-order valence-electron chi connectivity index (χ4n) is 4.14. The second kappa shape index (κ2) is 8.71. The number of rotatable bonds is 4. The van der Waals surface area contributed by atoms with Gasteiger partial charge in [0, 0.05) is 19.3 Å². The van der Waals surface area contributed by atoms with Crippen molar-refractivity contribution in [3.63, 3.8) is 0 Å². The molecule has 2 aromatic heterocycles. The van der Waals surface area contributed by atoms with E-state index in [0.29, 0.717) is 30.2 Å². The van der Waals surface area contributed by atoms with Crippen molar-refractivity contribution in [2.75, 3.05) is 18.4 Å². The van der Waals surface area contributed by atoms with E-state index in [9.17, 15) is 9.59 Å². The number of aryl methyl sites for hydroxylation is 2. The monoisotopic (exact) mass is 417 g/mol. The molecule has 0 spiro atoms. The molecule has 1 atom stereocenters. The number of anilines is 1. The number of likely N-dealkylation sites (tertiary alicyclic amines) is 1. The third kappa shape index (κ3) is 4.21. The van der Waals surface area contributed by atoms with Crippen LogP contribution in [0, 0.1) is 26.7 Å². The maximum Gasteiger partial charge on any atom is 0.257 e. The van der Waals surface area contributed by atoms with Crippen LogP contribution in [0.4, 0.5) is 5.82 Å². The lowest BCUT2D eigenvalue weighted by Crippen LogP contribution is -2.44. The van der Waals surface area contributed by atoms with Crippen molar-refractivity contribution in [2.45, 2.75) is 33.6 Å². The number of pyridine rings is 1. The quantitative estimate of drug-likeness (QED) is 0.702. The van der Waals surface area contributed by atoms with Gasteiger partial charge in [-0.15, -0.1) is 0 Å². The van der Waals surface area contributed by atoms with Crippen molar-refractivity contribution in [3.8, 4) is 5.69 Å². The molecule has 2 amide bonds. The largest absolute Gasteiger partial charge is 0.338 e. The molecule has 0 saturated carbocycles. The number of para-hydroxylation sites is 1. The van der Waals surface area contributed by atoms with Crippen molar-refractivity contribution in [1.82, 2.24) is 19.7 Å². The van der Waals surface area contributed by atoms with Crippen molar-refractivity contribution >= 4 is 17.6 Å². The van der Waals surface area contributed by atoms with Crippen LogP contribution < -0.4 is 5.32 Å². The van der Waals surface area contributed by atoms with E-state index in [0.717, 1.165) is 29.8 Å². The first-order chi connectivity index (χ1) is 15.0. The topological polar surface area (TPSA) is 80.1 Å². The van der Waals surface area contributed by atoms with Crippen LogP contribution in [-0.4, -0.2) is 44.6 Å². The second-order valence-electron chi connectivity index (χ2n) is 8.04. The minimum atomic E-state index is -0.260. The highest BCUT2D eigenvalue weighted by atomic mass is 16.2. The summed E-state index contributed by atoms with van der Waals surface area (Å²) in [6.07, 6.45) is 3.20. The molecule has 1 saturated heterocycles. The Balaban J connectivity index is 1.51. The van der Waals surface area contributed by atoms with Crippen molar-refractivity contribution in [2.24, 2.45) is 5.92 Å². The second-order valence-corrected chi connectivity index (χ2v) is 8.04. The summed E-state index contributed by atoms with van der Waals surface area (Å²) in [6.45, 7) is 6.72. The molecule has 7 nitrogen and oxygen atoms in total. The van der Waals surface area contributed by atoms with Gasteiger partial charge < -0.3 is 10.2 Å². The third-order valence-electron chi connectivity index (χ3n) is 5.84. The summed E-state index contributed by atoms with van der Waals surface area (Å²) in [7, 11) is 0. The standard InChI is InChI=1S/C24H27N5O2/c1-16-9-7-13-25-22(16)26-23(30)19-10-8-14-28(15-19)24(31)21-17(2)27-29(18(21)3)20-11-5-4-6-12-20/h4-7,9,11-13,19H,8,10,14-15H2,1-3H3,(H,25,26,30). The van der Waals surface area contributed by atoms with Gasteiger partial charge in [0.05, 0.1) is 28.6 Å². The number of hydrogen-bond acceptors (Lipinski definition) is 4. The average molecular weight is 418 g/mol. The number of aromatic nitrogens is 3. The molecule has 0 bridgehead atoms. The molecule has 160 valence electrons. The molecule has 3 aromatic rings. The van der Waals surface area contributed by atoms with Gasteiger partial charge in [0.1, 0.15) is 5.82 Å². The van der Waals surface area contributed by atoms with Crippen molar-refractivity contribution in [3.05, 3.63) is 71.2 Å². The number of amides is 2. The molecular formula is C24H27N5O2. The van der Waals surface area contributed by atoms with E-state index < -0.39 is 0 Å².